The summed E-state index contributed by atoms with van der Waals surface area (Å²) in [5.41, 5.74) is 4.66. The van der Waals surface area contributed by atoms with Crippen molar-refractivity contribution < 1.29 is 4.79 Å². The number of pyridine rings is 1. The lowest BCUT2D eigenvalue weighted by atomic mass is 10.1. The molecule has 0 saturated carbocycles. The van der Waals surface area contributed by atoms with Crippen LogP contribution in [0, 0.1) is 0 Å². The molecule has 1 aromatic heterocycles. The molecule has 0 fully saturated rings. The van der Waals surface area contributed by atoms with Crippen molar-refractivity contribution in [1.29, 1.82) is 0 Å². The van der Waals surface area contributed by atoms with Gasteiger partial charge in [-0.25, -0.2) is 0 Å². The maximum atomic E-state index is 12.4. The molecule has 0 atom stereocenters. The summed E-state index contributed by atoms with van der Waals surface area (Å²) in [5, 5.41) is 2.95. The van der Waals surface area contributed by atoms with E-state index in [1.54, 1.807) is 6.20 Å². The highest BCUT2D eigenvalue weighted by atomic mass is 16.1. The molecule has 2 aromatic carbocycles. The zero-order chi connectivity index (χ0) is 17.5. The Morgan fingerprint density at radius 1 is 0.960 bits per heavy atom. The molecule has 3 nitrogen and oxygen atoms in total. The third-order valence-corrected chi connectivity index (χ3v) is 4.14. The molecule has 1 amide bonds. The van der Waals surface area contributed by atoms with Gasteiger partial charge in [0.15, 0.2) is 0 Å². The van der Waals surface area contributed by atoms with E-state index in [-0.39, 0.29) is 5.91 Å². The molecule has 0 aliphatic rings. The Balaban J connectivity index is 1.65. The molecule has 0 radical (unpaired) electrons. The molecular weight excluding hydrogens is 308 g/mol. The van der Waals surface area contributed by atoms with E-state index < -0.39 is 0 Å². The second kappa shape index (κ2) is 8.25. The summed E-state index contributed by atoms with van der Waals surface area (Å²) in [4.78, 5) is 16.7. The highest BCUT2D eigenvalue weighted by Gasteiger charge is 2.07. The standard InChI is InChI=1S/C22H22N2O/c1-2-3-6-17-8-14-20(15-9-17)24-22(25)19-12-10-18(11-13-19)21-7-4-5-16-23-21/h4-5,7-16H,2-3,6H2,1H3,(H,24,25). The second-order valence-electron chi connectivity index (χ2n) is 6.05. The van der Waals surface area contributed by atoms with Crippen LogP contribution in [-0.2, 0) is 6.42 Å². The van der Waals surface area contributed by atoms with E-state index in [4.69, 9.17) is 0 Å². The van der Waals surface area contributed by atoms with Crippen LogP contribution in [0.1, 0.15) is 35.7 Å². The van der Waals surface area contributed by atoms with Gasteiger partial charge in [-0.05, 0) is 54.8 Å². The Labute approximate surface area is 148 Å². The van der Waals surface area contributed by atoms with E-state index in [2.05, 4.69) is 29.4 Å². The van der Waals surface area contributed by atoms with Crippen LogP contribution in [0.4, 0.5) is 5.69 Å². The van der Waals surface area contributed by atoms with Gasteiger partial charge >= 0.3 is 0 Å². The van der Waals surface area contributed by atoms with Crippen molar-refractivity contribution in [3.63, 3.8) is 0 Å². The summed E-state index contributed by atoms with van der Waals surface area (Å²) in [7, 11) is 0. The van der Waals surface area contributed by atoms with Gasteiger partial charge in [-0.2, -0.15) is 0 Å². The minimum Gasteiger partial charge on any atom is -0.322 e. The van der Waals surface area contributed by atoms with E-state index in [0.29, 0.717) is 5.56 Å². The van der Waals surface area contributed by atoms with Crippen molar-refractivity contribution in [3.8, 4) is 11.3 Å². The molecule has 3 aromatic rings. The Morgan fingerprint density at radius 2 is 1.72 bits per heavy atom. The second-order valence-corrected chi connectivity index (χ2v) is 6.05. The number of anilines is 1. The topological polar surface area (TPSA) is 42.0 Å². The number of aromatic nitrogens is 1. The fourth-order valence-corrected chi connectivity index (χ4v) is 2.66. The number of hydrogen-bond donors (Lipinski definition) is 1. The van der Waals surface area contributed by atoms with Crippen molar-refractivity contribution >= 4 is 11.6 Å². The molecule has 0 unspecified atom stereocenters. The number of nitrogens with zero attached hydrogens (tertiary/aromatic N) is 1. The van der Waals surface area contributed by atoms with Gasteiger partial charge in [0, 0.05) is 23.0 Å². The molecule has 0 aliphatic heterocycles. The fourth-order valence-electron chi connectivity index (χ4n) is 2.66. The number of carbonyl (C=O) groups excluding carboxylic acids is 1. The first-order valence-electron chi connectivity index (χ1n) is 8.68. The number of nitrogens with one attached hydrogen (secondary N) is 1. The van der Waals surface area contributed by atoms with Crippen LogP contribution in [0.3, 0.4) is 0 Å². The summed E-state index contributed by atoms with van der Waals surface area (Å²) >= 11 is 0. The fraction of sp³-hybridized carbons (Fsp3) is 0.182. The average molecular weight is 330 g/mol. The van der Waals surface area contributed by atoms with Crippen LogP contribution >= 0.6 is 0 Å². The van der Waals surface area contributed by atoms with Crippen molar-refractivity contribution in [2.24, 2.45) is 0 Å². The molecule has 0 saturated heterocycles. The highest BCUT2D eigenvalue weighted by molar-refractivity contribution is 6.04. The number of unbranched alkanes of at least 4 members (excludes halogenated alkanes) is 1. The summed E-state index contributed by atoms with van der Waals surface area (Å²) in [6.07, 6.45) is 5.22. The van der Waals surface area contributed by atoms with Gasteiger partial charge in [0.25, 0.3) is 5.91 Å². The number of aryl methyl sites for hydroxylation is 1. The molecule has 1 heterocycles. The maximum Gasteiger partial charge on any atom is 0.255 e. The van der Waals surface area contributed by atoms with Gasteiger partial charge in [-0.1, -0.05) is 43.7 Å². The number of benzene rings is 2. The molecule has 0 bridgehead atoms. The molecule has 25 heavy (non-hydrogen) atoms. The Kier molecular flexibility index (Phi) is 5.57. The van der Waals surface area contributed by atoms with Crippen LogP contribution in [0.2, 0.25) is 0 Å². The first kappa shape index (κ1) is 16.9. The molecule has 0 aliphatic carbocycles. The number of amides is 1. The normalized spacial score (nSPS) is 10.4. The van der Waals surface area contributed by atoms with Crippen LogP contribution in [-0.4, -0.2) is 10.9 Å². The van der Waals surface area contributed by atoms with Gasteiger partial charge in [0.1, 0.15) is 0 Å². The first-order chi connectivity index (χ1) is 12.3. The van der Waals surface area contributed by atoms with Crippen LogP contribution in [0.25, 0.3) is 11.3 Å². The molecule has 1 N–H and O–H groups in total. The van der Waals surface area contributed by atoms with E-state index >= 15 is 0 Å². The van der Waals surface area contributed by atoms with E-state index in [1.807, 2.05) is 54.6 Å². The molecule has 3 heteroatoms. The Bertz CT molecular complexity index is 809. The zero-order valence-electron chi connectivity index (χ0n) is 14.4. The average Bonchev–Trinajstić information content (AvgIpc) is 2.68. The molecule has 3 rings (SSSR count). The molecule has 0 spiro atoms. The number of hydrogen-bond acceptors (Lipinski definition) is 2. The van der Waals surface area contributed by atoms with Crippen molar-refractivity contribution in [2.45, 2.75) is 26.2 Å². The van der Waals surface area contributed by atoms with Crippen molar-refractivity contribution in [2.75, 3.05) is 5.32 Å². The minimum absolute atomic E-state index is 0.103. The van der Waals surface area contributed by atoms with E-state index in [1.165, 1.54) is 18.4 Å². The predicted molar refractivity (Wildman–Crippen MR) is 103 cm³/mol. The summed E-state index contributed by atoms with van der Waals surface area (Å²) in [6.45, 7) is 2.19. The van der Waals surface area contributed by atoms with E-state index in [9.17, 15) is 4.79 Å². The van der Waals surface area contributed by atoms with Crippen LogP contribution < -0.4 is 5.32 Å². The molecule has 126 valence electrons. The van der Waals surface area contributed by atoms with Gasteiger partial charge in [-0.15, -0.1) is 0 Å². The van der Waals surface area contributed by atoms with Gasteiger partial charge < -0.3 is 5.32 Å². The number of rotatable bonds is 6. The smallest absolute Gasteiger partial charge is 0.255 e. The third-order valence-electron chi connectivity index (χ3n) is 4.14. The minimum atomic E-state index is -0.103. The van der Waals surface area contributed by atoms with Gasteiger partial charge in [0.05, 0.1) is 5.69 Å². The third kappa shape index (κ3) is 4.54. The van der Waals surface area contributed by atoms with Gasteiger partial charge in [0.2, 0.25) is 0 Å². The maximum absolute atomic E-state index is 12.4. The summed E-state index contributed by atoms with van der Waals surface area (Å²) < 4.78 is 0. The van der Waals surface area contributed by atoms with Crippen LogP contribution in [0.15, 0.2) is 72.9 Å². The molecular formula is C22H22N2O. The van der Waals surface area contributed by atoms with E-state index in [0.717, 1.165) is 23.4 Å². The highest BCUT2D eigenvalue weighted by Crippen LogP contribution is 2.18. The van der Waals surface area contributed by atoms with Crippen molar-refractivity contribution in [1.82, 2.24) is 4.98 Å². The summed E-state index contributed by atoms with van der Waals surface area (Å²) in [6, 6.07) is 21.4. The number of carbonyl (C=O) groups is 1. The first-order valence-corrected chi connectivity index (χ1v) is 8.68. The lowest BCUT2D eigenvalue weighted by molar-refractivity contribution is 0.102. The zero-order valence-corrected chi connectivity index (χ0v) is 14.4. The largest absolute Gasteiger partial charge is 0.322 e. The van der Waals surface area contributed by atoms with Gasteiger partial charge in [-0.3, -0.25) is 9.78 Å². The van der Waals surface area contributed by atoms with Crippen molar-refractivity contribution in [3.05, 3.63) is 84.1 Å². The summed E-state index contributed by atoms with van der Waals surface area (Å²) in [5.74, 6) is -0.103. The Hall–Kier alpha value is -2.94. The SMILES string of the molecule is CCCCc1ccc(NC(=O)c2ccc(-c3ccccn3)cc2)cc1. The quantitative estimate of drug-likeness (QED) is 0.662. The predicted octanol–water partition coefficient (Wildman–Crippen LogP) is 5.34. The lowest BCUT2D eigenvalue weighted by Crippen LogP contribution is -2.11. The monoisotopic (exact) mass is 330 g/mol. The Morgan fingerprint density at radius 3 is 2.36 bits per heavy atom. The van der Waals surface area contributed by atoms with Crippen LogP contribution in [0.5, 0.6) is 0 Å². The lowest BCUT2D eigenvalue weighted by Gasteiger charge is -2.07.